The lowest BCUT2D eigenvalue weighted by Crippen LogP contribution is -2.44. The summed E-state index contributed by atoms with van der Waals surface area (Å²) >= 11 is 0. The van der Waals surface area contributed by atoms with E-state index in [1.165, 1.54) is 11.1 Å². The zero-order valence-corrected chi connectivity index (χ0v) is 16.6. The van der Waals surface area contributed by atoms with Crippen LogP contribution in [0.5, 0.6) is 0 Å². The maximum absolute atomic E-state index is 13.3. The molecule has 28 heavy (non-hydrogen) atoms. The molecule has 0 aliphatic carbocycles. The molecule has 142 valence electrons. The Labute approximate surface area is 167 Å². The Kier molecular flexibility index (Phi) is 4.91. The lowest BCUT2D eigenvalue weighted by Gasteiger charge is -2.41. The van der Waals surface area contributed by atoms with Crippen molar-refractivity contribution >= 4 is 17.3 Å². The van der Waals surface area contributed by atoms with E-state index in [1.807, 2.05) is 35.2 Å². The van der Waals surface area contributed by atoms with Gasteiger partial charge >= 0.3 is 0 Å². The number of carbonyl (C=O) groups excluding carboxylic acids is 1. The van der Waals surface area contributed by atoms with Crippen LogP contribution in [0.25, 0.3) is 0 Å². The Morgan fingerprint density at radius 3 is 2.32 bits per heavy atom. The normalized spacial score (nSPS) is 18.5. The average molecular weight is 370 g/mol. The number of hydrogen-bond acceptors (Lipinski definition) is 2. The van der Waals surface area contributed by atoms with Crippen LogP contribution in [0.2, 0.25) is 0 Å². The van der Waals surface area contributed by atoms with Gasteiger partial charge in [0.1, 0.15) is 0 Å². The summed E-state index contributed by atoms with van der Waals surface area (Å²) < 4.78 is 0. The van der Waals surface area contributed by atoms with E-state index in [0.717, 1.165) is 28.9 Å². The van der Waals surface area contributed by atoms with Crippen molar-refractivity contribution in [2.75, 3.05) is 10.2 Å². The van der Waals surface area contributed by atoms with Crippen molar-refractivity contribution in [1.82, 2.24) is 0 Å². The first-order valence-corrected chi connectivity index (χ1v) is 9.86. The highest BCUT2D eigenvalue weighted by molar-refractivity contribution is 6.07. The van der Waals surface area contributed by atoms with Crippen molar-refractivity contribution in [1.29, 1.82) is 0 Å². The molecule has 0 fully saturated rings. The van der Waals surface area contributed by atoms with Gasteiger partial charge in [-0.15, -0.1) is 0 Å². The van der Waals surface area contributed by atoms with Crippen LogP contribution in [0.1, 0.15) is 46.4 Å². The number of aryl methyl sites for hydroxylation is 2. The molecular weight excluding hydrogens is 344 g/mol. The van der Waals surface area contributed by atoms with E-state index in [2.05, 4.69) is 68.6 Å². The minimum absolute atomic E-state index is 0.0676. The fourth-order valence-corrected chi connectivity index (χ4v) is 4.17. The molecule has 1 N–H and O–H groups in total. The quantitative estimate of drug-likeness (QED) is 0.623. The van der Waals surface area contributed by atoms with Gasteiger partial charge in [0.25, 0.3) is 5.91 Å². The minimum atomic E-state index is 0.0676. The third kappa shape index (κ3) is 3.29. The minimum Gasteiger partial charge on any atom is -0.378 e. The topological polar surface area (TPSA) is 32.3 Å². The summed E-state index contributed by atoms with van der Waals surface area (Å²) in [7, 11) is 0. The number of carbonyl (C=O) groups is 1. The van der Waals surface area contributed by atoms with Crippen LogP contribution in [0.15, 0.2) is 72.8 Å². The number of amides is 1. The second-order valence-electron chi connectivity index (χ2n) is 7.65. The summed E-state index contributed by atoms with van der Waals surface area (Å²) in [5, 5.41) is 3.72. The van der Waals surface area contributed by atoms with Crippen molar-refractivity contribution in [2.24, 2.45) is 0 Å². The summed E-state index contributed by atoms with van der Waals surface area (Å²) in [6.07, 6.45) is 0.864. The molecule has 1 heterocycles. The van der Waals surface area contributed by atoms with E-state index in [-0.39, 0.29) is 18.0 Å². The number of benzene rings is 3. The molecule has 2 atom stereocenters. The molecule has 0 radical (unpaired) electrons. The fraction of sp³-hybridized carbons (Fsp3) is 0.240. The molecule has 1 amide bonds. The van der Waals surface area contributed by atoms with Gasteiger partial charge in [0.05, 0.1) is 11.7 Å². The highest BCUT2D eigenvalue weighted by Crippen LogP contribution is 2.41. The van der Waals surface area contributed by atoms with Crippen LogP contribution < -0.4 is 10.2 Å². The van der Waals surface area contributed by atoms with E-state index < -0.39 is 0 Å². The number of nitrogens with one attached hydrogen (secondary N) is 1. The highest BCUT2D eigenvalue weighted by atomic mass is 16.2. The molecule has 0 aromatic heterocycles. The van der Waals surface area contributed by atoms with Crippen LogP contribution in [-0.4, -0.2) is 11.9 Å². The second kappa shape index (κ2) is 7.51. The molecule has 3 aromatic carbocycles. The maximum atomic E-state index is 13.3. The zero-order chi connectivity index (χ0) is 19.7. The van der Waals surface area contributed by atoms with Crippen molar-refractivity contribution in [2.45, 2.75) is 39.3 Å². The molecule has 1 aliphatic heterocycles. The van der Waals surface area contributed by atoms with Gasteiger partial charge in [-0.2, -0.15) is 0 Å². The number of hydrogen-bond donors (Lipinski definition) is 1. The molecule has 4 rings (SSSR count). The number of para-hydroxylation sites is 2. The van der Waals surface area contributed by atoms with Gasteiger partial charge in [0, 0.05) is 17.3 Å². The Morgan fingerprint density at radius 2 is 1.57 bits per heavy atom. The molecule has 3 nitrogen and oxygen atoms in total. The molecule has 3 aromatic rings. The summed E-state index contributed by atoms with van der Waals surface area (Å²) in [5.74, 6) is 0.0676. The van der Waals surface area contributed by atoms with Crippen LogP contribution in [0.4, 0.5) is 11.4 Å². The lowest BCUT2D eigenvalue weighted by molar-refractivity contribution is 0.0974. The zero-order valence-electron chi connectivity index (χ0n) is 16.6. The second-order valence-corrected chi connectivity index (χ2v) is 7.65. The van der Waals surface area contributed by atoms with Crippen LogP contribution in [0, 0.1) is 13.8 Å². The van der Waals surface area contributed by atoms with Gasteiger partial charge in [-0.1, -0.05) is 54.6 Å². The van der Waals surface area contributed by atoms with E-state index in [4.69, 9.17) is 0 Å². The number of rotatable bonds is 3. The third-order valence-electron chi connectivity index (χ3n) is 5.62. The number of fused-ring (bicyclic) bond motifs is 1. The SMILES string of the molecule is Cc1ccccc1N[C@H]1C[C@@H](C)N(C(=O)c2ccccc2)c2c(C)cccc21. The van der Waals surface area contributed by atoms with Gasteiger partial charge in [-0.25, -0.2) is 0 Å². The molecule has 0 saturated heterocycles. The molecule has 0 bridgehead atoms. The molecule has 0 saturated carbocycles. The lowest BCUT2D eigenvalue weighted by atomic mass is 9.88. The van der Waals surface area contributed by atoms with E-state index in [9.17, 15) is 4.79 Å². The van der Waals surface area contributed by atoms with E-state index in [1.54, 1.807) is 0 Å². The van der Waals surface area contributed by atoms with Crippen molar-refractivity contribution in [3.05, 3.63) is 95.1 Å². The van der Waals surface area contributed by atoms with Crippen LogP contribution in [-0.2, 0) is 0 Å². The van der Waals surface area contributed by atoms with Gasteiger partial charge in [-0.05, 0) is 62.1 Å². The maximum Gasteiger partial charge on any atom is 0.258 e. The molecule has 0 spiro atoms. The van der Waals surface area contributed by atoms with Crippen molar-refractivity contribution in [3.63, 3.8) is 0 Å². The van der Waals surface area contributed by atoms with Gasteiger partial charge in [0.2, 0.25) is 0 Å². The van der Waals surface area contributed by atoms with Crippen LogP contribution >= 0.6 is 0 Å². The monoisotopic (exact) mass is 370 g/mol. The first-order valence-electron chi connectivity index (χ1n) is 9.86. The first-order chi connectivity index (χ1) is 13.6. The standard InChI is InChI=1S/C25H26N2O/c1-17-10-7-8-15-22(17)26-23-16-19(3)27(24-18(2)11-9-14-21(23)24)25(28)20-12-5-4-6-13-20/h4-15,19,23,26H,16H2,1-3H3/t19-,23+/m1/s1. The largest absolute Gasteiger partial charge is 0.378 e. The van der Waals surface area contributed by atoms with E-state index >= 15 is 0 Å². The summed E-state index contributed by atoms with van der Waals surface area (Å²) in [5.41, 5.74) is 6.47. The number of anilines is 2. The average Bonchev–Trinajstić information content (AvgIpc) is 2.71. The molecule has 1 aliphatic rings. The third-order valence-corrected chi connectivity index (χ3v) is 5.62. The van der Waals surface area contributed by atoms with E-state index in [0.29, 0.717) is 0 Å². The molecular formula is C25H26N2O. The Bertz CT molecular complexity index is 996. The summed E-state index contributed by atoms with van der Waals surface area (Å²) in [4.78, 5) is 15.3. The predicted octanol–water partition coefficient (Wildman–Crippen LogP) is 5.90. The Hall–Kier alpha value is -3.07. The van der Waals surface area contributed by atoms with Crippen molar-refractivity contribution < 1.29 is 4.79 Å². The smallest absolute Gasteiger partial charge is 0.258 e. The van der Waals surface area contributed by atoms with Gasteiger partial charge in [-0.3, -0.25) is 4.79 Å². The van der Waals surface area contributed by atoms with Crippen LogP contribution in [0.3, 0.4) is 0 Å². The molecule has 3 heteroatoms. The van der Waals surface area contributed by atoms with Gasteiger partial charge in [0.15, 0.2) is 0 Å². The van der Waals surface area contributed by atoms with Gasteiger partial charge < -0.3 is 10.2 Å². The summed E-state index contributed by atoms with van der Waals surface area (Å²) in [6, 6.07) is 24.5. The Morgan fingerprint density at radius 1 is 0.893 bits per heavy atom. The predicted molar refractivity (Wildman–Crippen MR) is 116 cm³/mol. The first kappa shape index (κ1) is 18.3. The highest BCUT2D eigenvalue weighted by Gasteiger charge is 2.35. The summed E-state index contributed by atoms with van der Waals surface area (Å²) in [6.45, 7) is 6.35. The number of nitrogens with zero attached hydrogens (tertiary/aromatic N) is 1. The Balaban J connectivity index is 1.75. The molecule has 0 unspecified atom stereocenters. The fourth-order valence-electron chi connectivity index (χ4n) is 4.17. The van der Waals surface area contributed by atoms with Crippen molar-refractivity contribution in [3.8, 4) is 0 Å².